The number of thioether (sulfide) groups is 1. The lowest BCUT2D eigenvalue weighted by molar-refractivity contribution is -0.274. The number of para-hydroxylation sites is 1. The molecule has 3 aromatic rings. The van der Waals surface area contributed by atoms with Crippen LogP contribution in [0, 0.1) is 0 Å². The maximum atomic E-state index is 13.2. The van der Waals surface area contributed by atoms with Crippen molar-refractivity contribution in [3.05, 3.63) is 89.5 Å². The number of amides is 2. The highest BCUT2D eigenvalue weighted by Crippen LogP contribution is 2.39. The van der Waals surface area contributed by atoms with Crippen LogP contribution in [0.5, 0.6) is 5.75 Å². The summed E-state index contributed by atoms with van der Waals surface area (Å²) in [5, 5.41) is 8.46. The summed E-state index contributed by atoms with van der Waals surface area (Å²) in [6, 6.07) is 13.7. The van der Waals surface area contributed by atoms with Crippen molar-refractivity contribution in [2.75, 3.05) is 10.7 Å². The second kappa shape index (κ2) is 12.7. The normalized spacial score (nSPS) is 22.7. The number of anilines is 1. The Morgan fingerprint density at radius 1 is 1.11 bits per heavy atom. The molecule has 0 spiro atoms. The van der Waals surface area contributed by atoms with Gasteiger partial charge in [0.25, 0.3) is 0 Å². The van der Waals surface area contributed by atoms with Crippen LogP contribution in [0.25, 0.3) is 5.69 Å². The number of hydrogen-bond donors (Lipinski definition) is 1. The van der Waals surface area contributed by atoms with Crippen molar-refractivity contribution < 1.29 is 22.7 Å². The van der Waals surface area contributed by atoms with Crippen molar-refractivity contribution in [1.29, 1.82) is 0 Å². The number of urea groups is 1. The van der Waals surface area contributed by atoms with E-state index in [0.717, 1.165) is 35.9 Å². The molecule has 236 valence electrons. The molecule has 2 heterocycles. The first-order valence-corrected chi connectivity index (χ1v) is 16.1. The van der Waals surface area contributed by atoms with Crippen molar-refractivity contribution >= 4 is 28.6 Å². The molecule has 2 aliphatic carbocycles. The Labute approximate surface area is 264 Å². The van der Waals surface area contributed by atoms with Crippen LogP contribution < -0.4 is 15.0 Å². The van der Waals surface area contributed by atoms with E-state index in [2.05, 4.69) is 81.2 Å². The fourth-order valence-electron chi connectivity index (χ4n) is 6.11. The van der Waals surface area contributed by atoms with Crippen molar-refractivity contribution in [2.24, 2.45) is 4.99 Å². The predicted octanol–water partition coefficient (Wildman–Crippen LogP) is 7.89. The van der Waals surface area contributed by atoms with Gasteiger partial charge in [0.2, 0.25) is 0 Å². The summed E-state index contributed by atoms with van der Waals surface area (Å²) in [7, 11) is 0. The molecular formula is C33H35F3N6O2S. The third-order valence-electron chi connectivity index (χ3n) is 8.30. The summed E-state index contributed by atoms with van der Waals surface area (Å²) < 4.78 is 42.9. The Kier molecular flexibility index (Phi) is 8.76. The third-order valence-corrected chi connectivity index (χ3v) is 9.28. The number of halogens is 3. The number of alkyl halides is 3. The molecule has 3 aliphatic rings. The van der Waals surface area contributed by atoms with E-state index in [1.807, 2.05) is 6.07 Å². The molecule has 1 N–H and O–H groups in total. The highest BCUT2D eigenvalue weighted by molar-refractivity contribution is 8.14. The highest BCUT2D eigenvalue weighted by atomic mass is 32.2. The minimum atomic E-state index is -4.74. The quantitative estimate of drug-likeness (QED) is 0.296. The summed E-state index contributed by atoms with van der Waals surface area (Å²) in [6.07, 6.45) is 4.34. The van der Waals surface area contributed by atoms with Crippen molar-refractivity contribution in [3.63, 3.8) is 0 Å². The smallest absolute Gasteiger partial charge is 0.406 e. The number of carbonyl (C=O) groups excluding carboxylic acids is 1. The Balaban J connectivity index is 1.11. The number of aliphatic imine (C=N–C) groups is 1. The monoisotopic (exact) mass is 636 g/mol. The molecule has 6 rings (SSSR count). The van der Waals surface area contributed by atoms with E-state index >= 15 is 0 Å². The van der Waals surface area contributed by atoms with Gasteiger partial charge in [-0.3, -0.25) is 0 Å². The number of allylic oxidation sites excluding steroid dienone is 2. The maximum Gasteiger partial charge on any atom is 0.573 e. The van der Waals surface area contributed by atoms with Crippen molar-refractivity contribution in [2.45, 2.75) is 76.7 Å². The lowest BCUT2D eigenvalue weighted by atomic mass is 9.92. The van der Waals surface area contributed by atoms with E-state index in [1.54, 1.807) is 18.1 Å². The van der Waals surface area contributed by atoms with Crippen LogP contribution in [0.4, 0.5) is 23.7 Å². The SMILES string of the molecule is CC(C)c1ccccc1N1C(=NC(=O)NC2CC3=CCC(c4ncn(-c5ccc(OC(F)(F)F)cc5)n4)C=C3C2)SCCC1C. The lowest BCUT2D eigenvalue weighted by Crippen LogP contribution is -2.43. The maximum absolute atomic E-state index is 13.2. The molecule has 1 aliphatic heterocycles. The zero-order valence-electron chi connectivity index (χ0n) is 25.3. The van der Waals surface area contributed by atoms with Gasteiger partial charge < -0.3 is 15.0 Å². The number of hydrogen-bond acceptors (Lipinski definition) is 5. The molecule has 3 atom stereocenters. The van der Waals surface area contributed by atoms with Crippen LogP contribution in [-0.2, 0) is 0 Å². The summed E-state index contributed by atoms with van der Waals surface area (Å²) in [5.74, 6) is 1.55. The molecule has 2 amide bonds. The van der Waals surface area contributed by atoms with Gasteiger partial charge in [-0.25, -0.2) is 14.5 Å². The first-order valence-electron chi connectivity index (χ1n) is 15.1. The first-order chi connectivity index (χ1) is 21.5. The van der Waals surface area contributed by atoms with Gasteiger partial charge in [-0.15, -0.1) is 13.2 Å². The van der Waals surface area contributed by atoms with E-state index in [9.17, 15) is 18.0 Å². The predicted molar refractivity (Wildman–Crippen MR) is 170 cm³/mol. The molecule has 0 bridgehead atoms. The van der Waals surface area contributed by atoms with Gasteiger partial charge in [-0.05, 0) is 85.6 Å². The Bertz CT molecular complexity index is 1650. The van der Waals surface area contributed by atoms with Crippen LogP contribution in [0.1, 0.15) is 69.7 Å². The summed E-state index contributed by atoms with van der Waals surface area (Å²) in [6.45, 7) is 6.54. The summed E-state index contributed by atoms with van der Waals surface area (Å²) >= 11 is 1.62. The Morgan fingerprint density at radius 2 is 1.87 bits per heavy atom. The second-order valence-corrected chi connectivity index (χ2v) is 12.9. The zero-order chi connectivity index (χ0) is 31.7. The number of nitrogens with zero attached hydrogens (tertiary/aromatic N) is 5. The number of amidine groups is 1. The first kappa shape index (κ1) is 30.9. The lowest BCUT2D eigenvalue weighted by Gasteiger charge is -2.37. The van der Waals surface area contributed by atoms with E-state index in [0.29, 0.717) is 23.9 Å². The summed E-state index contributed by atoms with van der Waals surface area (Å²) in [5.41, 5.74) is 5.31. The number of fused-ring (bicyclic) bond motifs is 1. The van der Waals surface area contributed by atoms with Gasteiger partial charge in [-0.2, -0.15) is 10.1 Å². The molecular weight excluding hydrogens is 601 g/mol. The molecule has 1 saturated heterocycles. The van der Waals surface area contributed by atoms with Crippen LogP contribution >= 0.6 is 11.8 Å². The fraction of sp³-hybridized carbons (Fsp3) is 0.394. The van der Waals surface area contributed by atoms with Crippen molar-refractivity contribution in [3.8, 4) is 11.4 Å². The molecule has 1 saturated carbocycles. The van der Waals surface area contributed by atoms with Gasteiger partial charge in [0, 0.05) is 29.4 Å². The van der Waals surface area contributed by atoms with Gasteiger partial charge in [0.05, 0.1) is 5.69 Å². The minimum absolute atomic E-state index is 0.0396. The molecule has 3 unspecified atom stereocenters. The Morgan fingerprint density at radius 3 is 2.62 bits per heavy atom. The van der Waals surface area contributed by atoms with Crippen LogP contribution in [0.3, 0.4) is 0 Å². The minimum Gasteiger partial charge on any atom is -0.406 e. The number of rotatable bonds is 6. The molecule has 2 aromatic carbocycles. The van der Waals surface area contributed by atoms with Crippen LogP contribution in [0.15, 0.2) is 83.1 Å². The van der Waals surface area contributed by atoms with Gasteiger partial charge in [0.15, 0.2) is 11.0 Å². The van der Waals surface area contributed by atoms with E-state index < -0.39 is 6.36 Å². The fourth-order valence-corrected chi connectivity index (χ4v) is 7.32. The summed E-state index contributed by atoms with van der Waals surface area (Å²) in [4.78, 5) is 24.5. The number of aromatic nitrogens is 3. The third kappa shape index (κ3) is 7.11. The molecule has 45 heavy (non-hydrogen) atoms. The van der Waals surface area contributed by atoms with Crippen LogP contribution in [0.2, 0.25) is 0 Å². The topological polar surface area (TPSA) is 84.6 Å². The van der Waals surface area contributed by atoms with Crippen LogP contribution in [-0.4, -0.2) is 50.2 Å². The van der Waals surface area contributed by atoms with Crippen molar-refractivity contribution in [1.82, 2.24) is 20.1 Å². The molecule has 12 heteroatoms. The largest absolute Gasteiger partial charge is 0.573 e. The highest BCUT2D eigenvalue weighted by Gasteiger charge is 2.33. The number of ether oxygens (including phenoxy) is 1. The van der Waals surface area contributed by atoms with Gasteiger partial charge in [-0.1, -0.05) is 56.0 Å². The van der Waals surface area contributed by atoms with E-state index in [1.165, 1.54) is 45.7 Å². The Hall–Kier alpha value is -4.06. The van der Waals surface area contributed by atoms with E-state index in [4.69, 9.17) is 0 Å². The molecule has 0 radical (unpaired) electrons. The molecule has 1 aromatic heterocycles. The van der Waals surface area contributed by atoms with E-state index in [-0.39, 0.29) is 29.8 Å². The molecule has 2 fully saturated rings. The average molecular weight is 637 g/mol. The molecule has 8 nitrogen and oxygen atoms in total. The number of benzene rings is 2. The second-order valence-electron chi connectivity index (χ2n) is 11.9. The standard InChI is InChI=1S/C33H35F3N6O2S/c1-20(2)28-6-4-5-7-29(28)42-21(3)14-15-45-32(42)39-31(43)38-25-17-22-8-9-23(16-24(22)18-25)30-37-19-41(40-30)26-10-12-27(13-11-26)44-33(34,35)36/h4-8,10-13,16,19-21,23,25H,9,14-15,17-18H2,1-3H3,(H,38,43). The van der Waals surface area contributed by atoms with Gasteiger partial charge >= 0.3 is 12.4 Å². The zero-order valence-corrected chi connectivity index (χ0v) is 26.1. The number of carbonyl (C=O) groups is 1. The number of nitrogens with one attached hydrogen (secondary N) is 1. The average Bonchev–Trinajstić information content (AvgIpc) is 3.64. The van der Waals surface area contributed by atoms with Gasteiger partial charge in [0.1, 0.15) is 12.1 Å².